The maximum atomic E-state index is 13.1. The molecule has 0 aliphatic carbocycles. The van der Waals surface area contributed by atoms with Crippen LogP contribution in [0.15, 0.2) is 53.4 Å². The van der Waals surface area contributed by atoms with Gasteiger partial charge in [-0.3, -0.25) is 9.59 Å². The van der Waals surface area contributed by atoms with Crippen molar-refractivity contribution in [2.24, 2.45) is 0 Å². The molecule has 4 rings (SSSR count). The molecule has 2 aliphatic rings. The highest BCUT2D eigenvalue weighted by molar-refractivity contribution is 7.89. The van der Waals surface area contributed by atoms with Crippen molar-refractivity contribution in [2.45, 2.75) is 30.3 Å². The van der Waals surface area contributed by atoms with E-state index in [0.29, 0.717) is 25.9 Å². The van der Waals surface area contributed by atoms with Crippen molar-refractivity contribution in [3.8, 4) is 0 Å². The quantitative estimate of drug-likeness (QED) is 0.636. The summed E-state index contributed by atoms with van der Waals surface area (Å²) in [6, 6.07) is 10.2. The summed E-state index contributed by atoms with van der Waals surface area (Å²) in [7, 11) is -3.74. The van der Waals surface area contributed by atoms with Gasteiger partial charge in [0.25, 0.3) is 0 Å². The van der Waals surface area contributed by atoms with Crippen molar-refractivity contribution in [1.29, 1.82) is 0 Å². The van der Waals surface area contributed by atoms with Gasteiger partial charge in [0, 0.05) is 38.8 Å². The largest absolute Gasteiger partial charge is 0.330 e. The molecule has 0 unspecified atom stereocenters. The van der Waals surface area contributed by atoms with Gasteiger partial charge in [0.15, 0.2) is 0 Å². The van der Waals surface area contributed by atoms with Crippen LogP contribution < -0.4 is 0 Å². The zero-order chi connectivity index (χ0) is 22.9. The van der Waals surface area contributed by atoms with Crippen LogP contribution in [0.2, 0.25) is 0 Å². The van der Waals surface area contributed by atoms with Crippen molar-refractivity contribution >= 4 is 21.8 Å². The Morgan fingerprint density at radius 1 is 0.781 bits per heavy atom. The Morgan fingerprint density at radius 2 is 1.34 bits per heavy atom. The van der Waals surface area contributed by atoms with Gasteiger partial charge in [-0.05, 0) is 54.8 Å². The lowest BCUT2D eigenvalue weighted by Crippen LogP contribution is -2.58. The molecule has 2 aromatic carbocycles. The van der Waals surface area contributed by atoms with Crippen LogP contribution in [0.1, 0.15) is 18.4 Å². The van der Waals surface area contributed by atoms with Crippen LogP contribution in [0.4, 0.5) is 8.78 Å². The Balaban J connectivity index is 1.36. The maximum Gasteiger partial charge on any atom is 0.312 e. The van der Waals surface area contributed by atoms with Crippen molar-refractivity contribution in [1.82, 2.24) is 14.1 Å². The molecule has 0 atom stereocenters. The highest BCUT2D eigenvalue weighted by Crippen LogP contribution is 2.25. The monoisotopic (exact) mass is 463 g/mol. The molecule has 32 heavy (non-hydrogen) atoms. The fraction of sp³-hybridized carbons (Fsp3) is 0.364. The molecule has 0 bridgehead atoms. The number of carbonyl (C=O) groups excluding carboxylic acids is 2. The lowest BCUT2D eigenvalue weighted by atomic mass is 10.0. The minimum atomic E-state index is -3.74. The van der Waals surface area contributed by atoms with Crippen LogP contribution >= 0.6 is 0 Å². The van der Waals surface area contributed by atoms with E-state index in [1.807, 2.05) is 0 Å². The minimum Gasteiger partial charge on any atom is -0.330 e. The average molecular weight is 464 g/mol. The summed E-state index contributed by atoms with van der Waals surface area (Å²) in [6.07, 6.45) is 0.828. The number of amides is 2. The number of hydrogen-bond donors (Lipinski definition) is 0. The number of sulfonamides is 1. The van der Waals surface area contributed by atoms with Crippen LogP contribution in [0.5, 0.6) is 0 Å². The highest BCUT2D eigenvalue weighted by Gasteiger charge is 2.39. The first-order chi connectivity index (χ1) is 15.3. The van der Waals surface area contributed by atoms with Crippen molar-refractivity contribution < 1.29 is 26.8 Å². The predicted molar refractivity (Wildman–Crippen MR) is 112 cm³/mol. The zero-order valence-electron chi connectivity index (χ0n) is 17.3. The Hall–Kier alpha value is -2.85. The molecule has 2 heterocycles. The van der Waals surface area contributed by atoms with E-state index in [4.69, 9.17) is 0 Å². The van der Waals surface area contributed by atoms with E-state index in [9.17, 15) is 26.8 Å². The molecule has 0 aromatic heterocycles. The second kappa shape index (κ2) is 8.95. The van der Waals surface area contributed by atoms with Crippen LogP contribution in [0, 0.1) is 11.6 Å². The molecule has 0 radical (unpaired) electrons. The molecule has 170 valence electrons. The lowest BCUT2D eigenvalue weighted by molar-refractivity contribution is -0.158. The number of benzene rings is 2. The van der Waals surface area contributed by atoms with Gasteiger partial charge in [-0.1, -0.05) is 12.1 Å². The SMILES string of the molecule is O=C1C(=O)N(C2CCN(S(=O)(=O)c3ccc(F)cc3)CC2)CCN1Cc1ccc(F)cc1. The summed E-state index contributed by atoms with van der Waals surface area (Å²) in [4.78, 5) is 28.3. The third-order valence-corrected chi connectivity index (χ3v) is 7.86. The smallest absolute Gasteiger partial charge is 0.312 e. The first kappa shape index (κ1) is 22.3. The van der Waals surface area contributed by atoms with E-state index in [2.05, 4.69) is 0 Å². The van der Waals surface area contributed by atoms with Gasteiger partial charge in [0.05, 0.1) is 4.90 Å². The molecule has 10 heteroatoms. The highest BCUT2D eigenvalue weighted by atomic mass is 32.2. The van der Waals surface area contributed by atoms with Gasteiger partial charge in [-0.2, -0.15) is 4.31 Å². The summed E-state index contributed by atoms with van der Waals surface area (Å²) in [5.74, 6) is -2.08. The Labute approximate surface area is 185 Å². The van der Waals surface area contributed by atoms with E-state index in [1.165, 1.54) is 38.4 Å². The third-order valence-electron chi connectivity index (χ3n) is 5.94. The van der Waals surface area contributed by atoms with Crippen LogP contribution in [-0.2, 0) is 26.2 Å². The minimum absolute atomic E-state index is 0.0259. The second-order valence-corrected chi connectivity index (χ2v) is 9.88. The molecular formula is C22H23F2N3O4S. The third kappa shape index (κ3) is 4.51. The molecule has 2 aliphatic heterocycles. The van der Waals surface area contributed by atoms with E-state index >= 15 is 0 Å². The van der Waals surface area contributed by atoms with Crippen molar-refractivity contribution in [3.63, 3.8) is 0 Å². The van der Waals surface area contributed by atoms with Gasteiger partial charge in [0.1, 0.15) is 11.6 Å². The number of hydrogen-bond acceptors (Lipinski definition) is 4. The number of piperidine rings is 1. The average Bonchev–Trinajstić information content (AvgIpc) is 2.79. The van der Waals surface area contributed by atoms with E-state index in [-0.39, 0.29) is 36.4 Å². The summed E-state index contributed by atoms with van der Waals surface area (Å²) in [5, 5.41) is 0. The molecule has 2 fully saturated rings. The van der Waals surface area contributed by atoms with Crippen LogP contribution in [-0.4, -0.2) is 66.6 Å². The van der Waals surface area contributed by atoms with E-state index in [1.54, 1.807) is 12.1 Å². The summed E-state index contributed by atoms with van der Waals surface area (Å²) in [5.41, 5.74) is 0.736. The molecule has 2 saturated heterocycles. The molecular weight excluding hydrogens is 440 g/mol. The van der Waals surface area contributed by atoms with Crippen LogP contribution in [0.25, 0.3) is 0 Å². The predicted octanol–water partition coefficient (Wildman–Crippen LogP) is 1.99. The van der Waals surface area contributed by atoms with Gasteiger partial charge in [-0.25, -0.2) is 17.2 Å². The summed E-state index contributed by atoms with van der Waals surface area (Å²) >= 11 is 0. The lowest BCUT2D eigenvalue weighted by Gasteiger charge is -2.41. The van der Waals surface area contributed by atoms with Gasteiger partial charge >= 0.3 is 11.8 Å². The molecule has 2 aromatic rings. The number of nitrogens with zero attached hydrogens (tertiary/aromatic N) is 3. The first-order valence-electron chi connectivity index (χ1n) is 10.4. The molecule has 7 nitrogen and oxygen atoms in total. The number of rotatable bonds is 5. The molecule has 0 N–H and O–H groups in total. The van der Waals surface area contributed by atoms with Crippen molar-refractivity contribution in [2.75, 3.05) is 26.2 Å². The van der Waals surface area contributed by atoms with Gasteiger partial charge in [-0.15, -0.1) is 0 Å². The standard InChI is InChI=1S/C22H23F2N3O4S/c23-17-3-1-16(2-4-17)15-25-13-14-27(22(29)21(25)28)19-9-11-26(12-10-19)32(30,31)20-7-5-18(24)6-8-20/h1-8,19H,9-15H2. The fourth-order valence-electron chi connectivity index (χ4n) is 4.15. The maximum absolute atomic E-state index is 13.1. The van der Waals surface area contributed by atoms with Crippen LogP contribution in [0.3, 0.4) is 0 Å². The number of carbonyl (C=O) groups is 2. The molecule has 2 amide bonds. The van der Waals surface area contributed by atoms with Gasteiger partial charge in [0.2, 0.25) is 10.0 Å². The first-order valence-corrected chi connectivity index (χ1v) is 11.8. The van der Waals surface area contributed by atoms with E-state index in [0.717, 1.165) is 17.7 Å². The summed E-state index contributed by atoms with van der Waals surface area (Å²) in [6.45, 7) is 1.37. The molecule has 0 spiro atoms. The molecule has 0 saturated carbocycles. The van der Waals surface area contributed by atoms with Crippen molar-refractivity contribution in [3.05, 3.63) is 65.7 Å². The van der Waals surface area contributed by atoms with Gasteiger partial charge < -0.3 is 9.80 Å². The Bertz CT molecular complexity index is 1100. The van der Waals surface area contributed by atoms with E-state index < -0.39 is 27.7 Å². The number of halogens is 2. The fourth-order valence-corrected chi connectivity index (χ4v) is 5.62. The summed E-state index contributed by atoms with van der Waals surface area (Å²) < 4.78 is 53.1. The number of piperazine rings is 1. The topological polar surface area (TPSA) is 78.0 Å². The zero-order valence-corrected chi connectivity index (χ0v) is 18.1. The Kier molecular flexibility index (Phi) is 6.25. The normalized spacial score (nSPS) is 18.9. The second-order valence-electron chi connectivity index (χ2n) is 7.94. The Morgan fingerprint density at radius 3 is 1.94 bits per heavy atom.